The smallest absolute Gasteiger partial charge is 0.353 e. The molecule has 0 aliphatic heterocycles. The molecule has 1 rings (SSSR count). The Hall–Kier alpha value is -1.31. The molecule has 114 valence electrons. The van der Waals surface area contributed by atoms with Gasteiger partial charge in [-0.05, 0) is 25.5 Å². The van der Waals surface area contributed by atoms with E-state index >= 15 is 0 Å². The molecule has 20 heavy (non-hydrogen) atoms. The topological polar surface area (TPSA) is 9.23 Å². The summed E-state index contributed by atoms with van der Waals surface area (Å²) in [5, 5.41) is 0. The minimum absolute atomic E-state index is 0.122. The van der Waals surface area contributed by atoms with E-state index in [0.717, 1.165) is 6.07 Å². The van der Waals surface area contributed by atoms with Crippen LogP contribution in [0.25, 0.3) is 0 Å². The summed E-state index contributed by atoms with van der Waals surface area (Å²) in [6.45, 7) is 0.109. The zero-order chi connectivity index (χ0) is 15.8. The Labute approximate surface area is 110 Å². The van der Waals surface area contributed by atoms with Gasteiger partial charge in [0.25, 0.3) is 5.60 Å². The molecule has 0 aliphatic rings. The van der Waals surface area contributed by atoms with E-state index in [2.05, 4.69) is 4.74 Å². The van der Waals surface area contributed by atoms with Gasteiger partial charge in [-0.1, -0.05) is 12.1 Å². The molecule has 0 N–H and O–H groups in total. The fourth-order valence-corrected chi connectivity index (χ4v) is 1.39. The molecular formula is C12H11F7O. The highest BCUT2D eigenvalue weighted by Gasteiger charge is 2.69. The Morgan fingerprint density at radius 1 is 1.00 bits per heavy atom. The monoisotopic (exact) mass is 304 g/mol. The Kier molecular flexibility index (Phi) is 4.38. The molecule has 0 bridgehead atoms. The van der Waals surface area contributed by atoms with Crippen LogP contribution in [-0.2, 0) is 11.3 Å². The normalized spacial score (nSPS) is 13.7. The van der Waals surface area contributed by atoms with Crippen molar-refractivity contribution in [3.63, 3.8) is 0 Å². The molecule has 0 amide bonds. The Bertz CT molecular complexity index is 441. The summed E-state index contributed by atoms with van der Waals surface area (Å²) in [4.78, 5) is 0. The first-order valence-electron chi connectivity index (χ1n) is 5.41. The summed E-state index contributed by atoms with van der Waals surface area (Å²) in [5.41, 5.74) is -4.49. The van der Waals surface area contributed by atoms with Crippen molar-refractivity contribution >= 4 is 0 Å². The maximum absolute atomic E-state index is 13.4. The predicted octanol–water partition coefficient (Wildman–Crippen LogP) is 4.53. The first-order chi connectivity index (χ1) is 8.90. The Morgan fingerprint density at radius 2 is 1.50 bits per heavy atom. The quantitative estimate of drug-likeness (QED) is 0.745. The van der Waals surface area contributed by atoms with E-state index in [4.69, 9.17) is 0 Å². The molecule has 0 saturated carbocycles. The van der Waals surface area contributed by atoms with Gasteiger partial charge in [-0.3, -0.25) is 0 Å². The zero-order valence-electron chi connectivity index (χ0n) is 10.5. The van der Waals surface area contributed by atoms with Gasteiger partial charge in [0.2, 0.25) is 0 Å². The van der Waals surface area contributed by atoms with Crippen LogP contribution in [0.15, 0.2) is 18.2 Å². The molecule has 0 aromatic heterocycles. The van der Waals surface area contributed by atoms with Crippen molar-refractivity contribution in [2.75, 3.05) is 0 Å². The fourth-order valence-electron chi connectivity index (χ4n) is 1.39. The molecule has 0 heterocycles. The zero-order valence-corrected chi connectivity index (χ0v) is 10.5. The average molecular weight is 304 g/mol. The predicted molar refractivity (Wildman–Crippen MR) is 56.4 cm³/mol. The Balaban J connectivity index is 3.06. The fraction of sp³-hybridized carbons (Fsp3) is 0.500. The third-order valence-corrected chi connectivity index (χ3v) is 2.94. The molecular weight excluding hydrogens is 293 g/mol. The van der Waals surface area contributed by atoms with E-state index < -0.39 is 30.4 Å². The van der Waals surface area contributed by atoms with E-state index in [9.17, 15) is 30.7 Å². The first kappa shape index (κ1) is 16.7. The van der Waals surface area contributed by atoms with Crippen LogP contribution in [-0.4, -0.2) is 18.0 Å². The highest BCUT2D eigenvalue weighted by Crippen LogP contribution is 2.46. The van der Waals surface area contributed by atoms with Crippen molar-refractivity contribution in [3.8, 4) is 0 Å². The molecule has 0 fully saturated rings. The lowest BCUT2D eigenvalue weighted by Gasteiger charge is -2.33. The van der Waals surface area contributed by atoms with Gasteiger partial charge in [-0.2, -0.15) is 26.3 Å². The number of halogens is 7. The van der Waals surface area contributed by atoms with Crippen molar-refractivity contribution in [2.24, 2.45) is 0 Å². The molecule has 8 heteroatoms. The summed E-state index contributed by atoms with van der Waals surface area (Å²) < 4.78 is 92.8. The molecule has 0 saturated heterocycles. The van der Waals surface area contributed by atoms with E-state index in [1.54, 1.807) is 0 Å². The van der Waals surface area contributed by atoms with Crippen molar-refractivity contribution in [1.82, 2.24) is 0 Å². The lowest BCUT2D eigenvalue weighted by Crippen LogP contribution is -2.56. The van der Waals surface area contributed by atoms with Crippen molar-refractivity contribution in [2.45, 2.75) is 38.4 Å². The molecule has 1 aromatic carbocycles. The third kappa shape index (κ3) is 3.05. The van der Waals surface area contributed by atoms with Gasteiger partial charge >= 0.3 is 12.4 Å². The minimum Gasteiger partial charge on any atom is -0.353 e. The highest BCUT2D eigenvalue weighted by atomic mass is 19.4. The van der Waals surface area contributed by atoms with Crippen LogP contribution >= 0.6 is 0 Å². The highest BCUT2D eigenvalue weighted by molar-refractivity contribution is 5.26. The van der Waals surface area contributed by atoms with Crippen LogP contribution < -0.4 is 0 Å². The van der Waals surface area contributed by atoms with Gasteiger partial charge in [0, 0.05) is 5.56 Å². The molecule has 0 atom stereocenters. The minimum atomic E-state index is -5.66. The van der Waals surface area contributed by atoms with Crippen LogP contribution in [0.2, 0.25) is 0 Å². The number of rotatable bonds is 3. The summed E-state index contributed by atoms with van der Waals surface area (Å²) in [6.07, 6.45) is -11.3. The molecule has 1 nitrogen and oxygen atoms in total. The van der Waals surface area contributed by atoms with Crippen molar-refractivity contribution < 1.29 is 35.5 Å². The lowest BCUT2D eigenvalue weighted by atomic mass is 10.0. The van der Waals surface area contributed by atoms with Crippen LogP contribution in [0, 0.1) is 12.7 Å². The van der Waals surface area contributed by atoms with Crippen molar-refractivity contribution in [3.05, 3.63) is 35.1 Å². The van der Waals surface area contributed by atoms with E-state index in [-0.39, 0.29) is 18.1 Å². The van der Waals surface area contributed by atoms with Gasteiger partial charge in [-0.25, -0.2) is 4.39 Å². The van der Waals surface area contributed by atoms with E-state index in [1.165, 1.54) is 19.1 Å². The van der Waals surface area contributed by atoms with Crippen LogP contribution in [0.5, 0.6) is 0 Å². The lowest BCUT2D eigenvalue weighted by molar-refractivity contribution is -0.377. The number of benzene rings is 1. The second kappa shape index (κ2) is 5.23. The second-order valence-electron chi connectivity index (χ2n) is 4.35. The standard InChI is InChI=1S/C12H11F7O/c1-7-4-3-5-9(13)8(7)6-20-10(2,11(14,15)16)12(17,18)19/h3-5H,6H2,1-2H3. The van der Waals surface area contributed by atoms with Gasteiger partial charge in [0.1, 0.15) is 5.82 Å². The van der Waals surface area contributed by atoms with Crippen molar-refractivity contribution in [1.29, 1.82) is 0 Å². The number of hydrogen-bond donors (Lipinski definition) is 0. The average Bonchev–Trinajstić information content (AvgIpc) is 2.24. The summed E-state index contributed by atoms with van der Waals surface area (Å²) in [6, 6.07) is 3.59. The second-order valence-corrected chi connectivity index (χ2v) is 4.35. The van der Waals surface area contributed by atoms with E-state index in [1.807, 2.05) is 0 Å². The SMILES string of the molecule is Cc1cccc(F)c1COC(C)(C(F)(F)F)C(F)(F)F. The van der Waals surface area contributed by atoms with E-state index in [0.29, 0.717) is 0 Å². The van der Waals surface area contributed by atoms with Crippen LogP contribution in [0.4, 0.5) is 30.7 Å². The van der Waals surface area contributed by atoms with Gasteiger partial charge in [-0.15, -0.1) is 0 Å². The number of hydrogen-bond acceptors (Lipinski definition) is 1. The van der Waals surface area contributed by atoms with Gasteiger partial charge in [0.05, 0.1) is 6.61 Å². The summed E-state index contributed by atoms with van der Waals surface area (Å²) in [7, 11) is 0. The molecule has 0 radical (unpaired) electrons. The maximum atomic E-state index is 13.4. The van der Waals surface area contributed by atoms with Gasteiger partial charge < -0.3 is 4.74 Å². The molecule has 0 aliphatic carbocycles. The van der Waals surface area contributed by atoms with Crippen LogP contribution in [0.3, 0.4) is 0 Å². The third-order valence-electron chi connectivity index (χ3n) is 2.94. The molecule has 0 unspecified atom stereocenters. The summed E-state index contributed by atoms with van der Waals surface area (Å²) in [5.74, 6) is -0.920. The molecule has 1 aromatic rings. The number of aryl methyl sites for hydroxylation is 1. The largest absolute Gasteiger partial charge is 0.426 e. The van der Waals surface area contributed by atoms with Crippen LogP contribution in [0.1, 0.15) is 18.1 Å². The summed E-state index contributed by atoms with van der Waals surface area (Å²) >= 11 is 0. The molecule has 0 spiro atoms. The Morgan fingerprint density at radius 3 is 1.90 bits per heavy atom. The first-order valence-corrected chi connectivity index (χ1v) is 5.41. The number of ether oxygens (including phenoxy) is 1. The number of alkyl halides is 6. The van der Waals surface area contributed by atoms with Gasteiger partial charge in [0.15, 0.2) is 0 Å². The maximum Gasteiger partial charge on any atom is 0.426 e.